The molecular weight excluding hydrogens is 210 g/mol. The van der Waals surface area contributed by atoms with E-state index in [1.54, 1.807) is 5.54 Å². The molecule has 0 heterocycles. The summed E-state index contributed by atoms with van der Waals surface area (Å²) in [5.74, 6) is 1.15. The first-order chi connectivity index (χ1) is 7.27. The van der Waals surface area contributed by atoms with Crippen LogP contribution < -0.4 is 5.32 Å². The molecule has 0 saturated heterocycles. The summed E-state index contributed by atoms with van der Waals surface area (Å²) >= 11 is 5.59. The maximum absolute atomic E-state index is 9.26. The molecule has 0 aliphatic heterocycles. The number of rotatable bonds is 5. The normalized spacial score (nSPS) is 28.1. The van der Waals surface area contributed by atoms with Crippen LogP contribution in [-0.2, 0) is 0 Å². The average Bonchev–Trinajstić information content (AvgIpc) is 2.29. The second-order valence-corrected chi connectivity index (χ2v) is 4.79. The van der Waals surface area contributed by atoms with Gasteiger partial charge in [0.15, 0.2) is 0 Å². The zero-order valence-electron chi connectivity index (χ0n) is 9.51. The van der Waals surface area contributed by atoms with Gasteiger partial charge in [-0.3, -0.25) is 0 Å². The first-order valence-corrected chi connectivity index (χ1v) is 6.29. The Morgan fingerprint density at radius 2 is 2.07 bits per heavy atom. The van der Waals surface area contributed by atoms with E-state index in [9.17, 15) is 5.11 Å². The molecular formula is C12H22ClNO. The number of hydrogen-bond donors (Lipinski definition) is 2. The van der Waals surface area contributed by atoms with Crippen LogP contribution in [0.25, 0.3) is 0 Å². The van der Waals surface area contributed by atoms with Gasteiger partial charge in [-0.2, -0.15) is 0 Å². The van der Waals surface area contributed by atoms with E-state index in [4.69, 9.17) is 11.6 Å². The van der Waals surface area contributed by atoms with E-state index < -0.39 is 0 Å². The van der Waals surface area contributed by atoms with Crippen LogP contribution in [0, 0.1) is 11.8 Å². The maximum Gasteiger partial charge on any atom is 0.0462 e. The summed E-state index contributed by atoms with van der Waals surface area (Å²) in [5.41, 5.74) is 2.78. The largest absolute Gasteiger partial charge is 0.396 e. The summed E-state index contributed by atoms with van der Waals surface area (Å²) in [4.78, 5) is 0. The van der Waals surface area contributed by atoms with E-state index in [2.05, 4.69) is 5.32 Å². The van der Waals surface area contributed by atoms with Crippen LogP contribution in [0.1, 0.15) is 32.6 Å². The third kappa shape index (κ3) is 4.54. The topological polar surface area (TPSA) is 32.3 Å². The van der Waals surface area contributed by atoms with Gasteiger partial charge >= 0.3 is 0 Å². The molecule has 1 aliphatic carbocycles. The maximum atomic E-state index is 9.26. The first kappa shape index (κ1) is 13.0. The molecule has 15 heavy (non-hydrogen) atoms. The molecule has 0 aromatic rings. The van der Waals surface area contributed by atoms with Crippen molar-refractivity contribution in [2.45, 2.75) is 32.6 Å². The summed E-state index contributed by atoms with van der Waals surface area (Å²) in [6.45, 7) is 4.23. The lowest BCUT2D eigenvalue weighted by molar-refractivity contribution is 0.134. The third-order valence-electron chi connectivity index (χ3n) is 3.30. The van der Waals surface area contributed by atoms with Gasteiger partial charge < -0.3 is 10.4 Å². The molecule has 2 atom stereocenters. The van der Waals surface area contributed by atoms with Crippen molar-refractivity contribution >= 4 is 11.6 Å². The van der Waals surface area contributed by atoms with Crippen LogP contribution in [0.4, 0.5) is 0 Å². The molecule has 2 N–H and O–H groups in total. The second-order valence-electron chi connectivity index (χ2n) is 4.57. The first-order valence-electron chi connectivity index (χ1n) is 5.85. The quantitative estimate of drug-likeness (QED) is 0.762. The molecule has 0 amide bonds. The zero-order chi connectivity index (χ0) is 11.1. The fourth-order valence-electron chi connectivity index (χ4n) is 2.29. The summed E-state index contributed by atoms with van der Waals surface area (Å²) in [7, 11) is 0. The van der Waals surface area contributed by atoms with E-state index in [1.165, 1.54) is 25.7 Å². The Kier molecular flexibility index (Phi) is 6.30. The smallest absolute Gasteiger partial charge is 0.0462 e. The molecule has 88 valence electrons. The average molecular weight is 232 g/mol. The van der Waals surface area contributed by atoms with E-state index in [0.29, 0.717) is 18.4 Å². The molecule has 2 unspecified atom stereocenters. The highest BCUT2D eigenvalue weighted by atomic mass is 35.5. The molecule has 0 aromatic heterocycles. The molecule has 3 heteroatoms. The van der Waals surface area contributed by atoms with E-state index >= 15 is 0 Å². The lowest BCUT2D eigenvalue weighted by atomic mass is 9.79. The van der Waals surface area contributed by atoms with Crippen LogP contribution in [0.2, 0.25) is 0 Å². The molecule has 2 nitrogen and oxygen atoms in total. The van der Waals surface area contributed by atoms with Crippen LogP contribution in [0.3, 0.4) is 0 Å². The summed E-state index contributed by atoms with van der Waals surface area (Å²) < 4.78 is 0. The number of aliphatic hydroxyl groups is 1. The van der Waals surface area contributed by atoms with Gasteiger partial charge in [0.1, 0.15) is 0 Å². The predicted octanol–water partition coefficient (Wildman–Crippen LogP) is 2.52. The minimum Gasteiger partial charge on any atom is -0.396 e. The number of aliphatic hydroxyl groups excluding tert-OH is 1. The molecule has 1 saturated carbocycles. The van der Waals surface area contributed by atoms with Crippen molar-refractivity contribution in [3.63, 3.8) is 0 Å². The highest BCUT2D eigenvalue weighted by molar-refractivity contribution is 6.25. The number of nitrogens with one attached hydrogen (secondary N) is 1. The Labute approximate surface area is 97.7 Å². The van der Waals surface area contributed by atoms with Gasteiger partial charge in [-0.05, 0) is 43.7 Å². The van der Waals surface area contributed by atoms with Gasteiger partial charge in [0.2, 0.25) is 0 Å². The fraction of sp³-hybridized carbons (Fsp3) is 0.833. The fourth-order valence-corrected chi connectivity index (χ4v) is 2.36. The summed E-state index contributed by atoms with van der Waals surface area (Å²) in [6, 6.07) is 0. The van der Waals surface area contributed by atoms with Crippen molar-refractivity contribution in [3.8, 4) is 0 Å². The standard InChI is InChI=1S/C12H22ClNO/c1-10(6-13)7-14-8-11-4-2-3-5-12(11)9-15/h6,11-12,14-15H,2-5,7-9H2,1H3. The highest BCUT2D eigenvalue weighted by Gasteiger charge is 2.23. The van der Waals surface area contributed by atoms with Crippen LogP contribution >= 0.6 is 11.6 Å². The predicted molar refractivity (Wildman–Crippen MR) is 65.0 cm³/mol. The Bertz CT molecular complexity index is 206. The van der Waals surface area contributed by atoms with Crippen molar-refractivity contribution in [2.75, 3.05) is 19.7 Å². The van der Waals surface area contributed by atoms with Gasteiger partial charge in [-0.1, -0.05) is 24.4 Å². The van der Waals surface area contributed by atoms with E-state index in [1.807, 2.05) is 6.92 Å². The van der Waals surface area contributed by atoms with Gasteiger partial charge in [-0.15, -0.1) is 0 Å². The minimum absolute atomic E-state index is 0.344. The molecule has 1 aliphatic rings. The highest BCUT2D eigenvalue weighted by Crippen LogP contribution is 2.28. The molecule has 0 radical (unpaired) electrons. The number of halogens is 1. The Morgan fingerprint density at radius 3 is 2.67 bits per heavy atom. The van der Waals surface area contributed by atoms with Crippen molar-refractivity contribution in [2.24, 2.45) is 11.8 Å². The molecule has 1 fully saturated rings. The van der Waals surface area contributed by atoms with Crippen LogP contribution in [0.15, 0.2) is 11.1 Å². The number of hydrogen-bond acceptors (Lipinski definition) is 2. The lowest BCUT2D eigenvalue weighted by Crippen LogP contribution is -2.33. The molecule has 0 aromatic carbocycles. The zero-order valence-corrected chi connectivity index (χ0v) is 10.3. The molecule has 0 bridgehead atoms. The minimum atomic E-state index is 0.344. The monoisotopic (exact) mass is 231 g/mol. The van der Waals surface area contributed by atoms with Crippen LogP contribution in [-0.4, -0.2) is 24.8 Å². The van der Waals surface area contributed by atoms with Crippen molar-refractivity contribution in [1.29, 1.82) is 0 Å². The Morgan fingerprint density at radius 1 is 1.40 bits per heavy atom. The van der Waals surface area contributed by atoms with Gasteiger partial charge in [0, 0.05) is 18.7 Å². The lowest BCUT2D eigenvalue weighted by Gasteiger charge is -2.30. The van der Waals surface area contributed by atoms with E-state index in [0.717, 1.165) is 18.7 Å². The van der Waals surface area contributed by atoms with Crippen LogP contribution in [0.5, 0.6) is 0 Å². The Balaban J connectivity index is 2.23. The van der Waals surface area contributed by atoms with Gasteiger partial charge in [-0.25, -0.2) is 0 Å². The van der Waals surface area contributed by atoms with Gasteiger partial charge in [0.05, 0.1) is 0 Å². The molecule has 0 spiro atoms. The van der Waals surface area contributed by atoms with Crippen molar-refractivity contribution in [3.05, 3.63) is 11.1 Å². The second kappa shape index (κ2) is 7.26. The van der Waals surface area contributed by atoms with E-state index in [-0.39, 0.29) is 0 Å². The summed E-state index contributed by atoms with van der Waals surface area (Å²) in [6.07, 6.45) is 5.03. The van der Waals surface area contributed by atoms with Crippen molar-refractivity contribution < 1.29 is 5.11 Å². The SMILES string of the molecule is CC(=CCl)CNCC1CCCCC1CO. The third-order valence-corrected chi connectivity index (χ3v) is 3.67. The summed E-state index contributed by atoms with van der Waals surface area (Å²) in [5, 5.41) is 12.7. The van der Waals surface area contributed by atoms with Crippen molar-refractivity contribution in [1.82, 2.24) is 5.32 Å². The molecule has 1 rings (SSSR count). The Hall–Kier alpha value is -0.0500. The van der Waals surface area contributed by atoms with Gasteiger partial charge in [0.25, 0.3) is 0 Å².